The maximum absolute atomic E-state index is 11.5. The number of esters is 1. The Bertz CT molecular complexity index is 743. The standard InChI is InChI=1S/C16H18ClN3O4/c1-3-23-15(21)14-7-5-11(24-14)9-19-16(18)20-10-4-6-13(22-2)12(17)8-10/h4-8H,3,9H2,1-2H3,(H3,18,19,20). The molecule has 128 valence electrons. The van der Waals surface area contributed by atoms with Crippen LogP contribution < -0.4 is 15.8 Å². The number of furan rings is 1. The summed E-state index contributed by atoms with van der Waals surface area (Å²) in [6, 6.07) is 8.34. The van der Waals surface area contributed by atoms with Crippen LogP contribution in [0.5, 0.6) is 5.75 Å². The summed E-state index contributed by atoms with van der Waals surface area (Å²) in [5.41, 5.74) is 6.49. The first-order valence-corrected chi connectivity index (χ1v) is 7.57. The van der Waals surface area contributed by atoms with E-state index in [9.17, 15) is 4.79 Å². The molecule has 0 saturated carbocycles. The van der Waals surface area contributed by atoms with E-state index in [1.807, 2.05) is 0 Å². The first-order valence-electron chi connectivity index (χ1n) is 7.19. The van der Waals surface area contributed by atoms with Crippen LogP contribution in [-0.4, -0.2) is 25.6 Å². The molecule has 1 heterocycles. The number of nitrogens with zero attached hydrogens (tertiary/aromatic N) is 1. The van der Waals surface area contributed by atoms with Gasteiger partial charge in [-0.05, 0) is 37.3 Å². The fourth-order valence-corrected chi connectivity index (χ4v) is 2.13. The van der Waals surface area contributed by atoms with Gasteiger partial charge in [-0.1, -0.05) is 11.6 Å². The molecular formula is C16H18ClN3O4. The van der Waals surface area contributed by atoms with Gasteiger partial charge in [-0.2, -0.15) is 0 Å². The Kier molecular flexibility index (Phi) is 6.08. The van der Waals surface area contributed by atoms with Crippen LogP contribution in [0.4, 0.5) is 5.69 Å². The molecule has 0 radical (unpaired) electrons. The molecule has 7 nitrogen and oxygen atoms in total. The van der Waals surface area contributed by atoms with Crippen LogP contribution in [0.25, 0.3) is 0 Å². The second kappa shape index (κ2) is 8.26. The van der Waals surface area contributed by atoms with Gasteiger partial charge in [0.25, 0.3) is 0 Å². The smallest absolute Gasteiger partial charge is 0.374 e. The van der Waals surface area contributed by atoms with Crippen molar-refractivity contribution in [3.05, 3.63) is 46.9 Å². The molecule has 8 heteroatoms. The van der Waals surface area contributed by atoms with Gasteiger partial charge in [0.1, 0.15) is 18.1 Å². The van der Waals surface area contributed by atoms with Gasteiger partial charge in [0.05, 0.1) is 18.7 Å². The van der Waals surface area contributed by atoms with E-state index in [0.29, 0.717) is 22.2 Å². The number of nitrogens with one attached hydrogen (secondary N) is 1. The number of benzene rings is 1. The Morgan fingerprint density at radius 3 is 2.83 bits per heavy atom. The first kappa shape index (κ1) is 17.7. The Hall–Kier alpha value is -2.67. The lowest BCUT2D eigenvalue weighted by Gasteiger charge is -2.08. The lowest BCUT2D eigenvalue weighted by atomic mass is 10.3. The Balaban J connectivity index is 1.96. The largest absolute Gasteiger partial charge is 0.495 e. The van der Waals surface area contributed by atoms with Crippen molar-refractivity contribution in [3.8, 4) is 5.75 Å². The molecule has 1 aromatic heterocycles. The molecular weight excluding hydrogens is 334 g/mol. The summed E-state index contributed by atoms with van der Waals surface area (Å²) in [7, 11) is 1.54. The lowest BCUT2D eigenvalue weighted by Crippen LogP contribution is -2.22. The summed E-state index contributed by atoms with van der Waals surface area (Å²) in [6.07, 6.45) is 0. The molecule has 0 saturated heterocycles. The number of carbonyl (C=O) groups excluding carboxylic acids is 1. The van der Waals surface area contributed by atoms with Gasteiger partial charge in [0.15, 0.2) is 5.96 Å². The maximum atomic E-state index is 11.5. The summed E-state index contributed by atoms with van der Waals surface area (Å²) in [5, 5.41) is 3.37. The quantitative estimate of drug-likeness (QED) is 0.471. The third-order valence-corrected chi connectivity index (χ3v) is 3.26. The van der Waals surface area contributed by atoms with E-state index in [4.69, 9.17) is 31.2 Å². The molecule has 3 N–H and O–H groups in total. The van der Waals surface area contributed by atoms with Gasteiger partial charge in [-0.25, -0.2) is 9.79 Å². The summed E-state index contributed by atoms with van der Waals surface area (Å²) < 4.78 is 15.3. The third kappa shape index (κ3) is 4.66. The van der Waals surface area contributed by atoms with Gasteiger partial charge in [0.2, 0.25) is 5.76 Å². The lowest BCUT2D eigenvalue weighted by molar-refractivity contribution is 0.0488. The van der Waals surface area contributed by atoms with Crippen LogP contribution in [0.3, 0.4) is 0 Å². The highest BCUT2D eigenvalue weighted by Gasteiger charge is 2.11. The molecule has 1 aromatic carbocycles. The van der Waals surface area contributed by atoms with Gasteiger partial charge >= 0.3 is 5.97 Å². The first-order chi connectivity index (χ1) is 11.5. The molecule has 0 spiro atoms. The predicted octanol–water partition coefficient (Wildman–Crippen LogP) is 3.05. The molecule has 2 rings (SSSR count). The molecule has 0 fully saturated rings. The number of nitrogens with two attached hydrogens (primary N) is 1. The highest BCUT2D eigenvalue weighted by atomic mass is 35.5. The van der Waals surface area contributed by atoms with Crippen molar-refractivity contribution in [2.45, 2.75) is 13.5 Å². The summed E-state index contributed by atoms with van der Waals surface area (Å²) >= 11 is 6.04. The second-order valence-corrected chi connectivity index (χ2v) is 5.07. The minimum absolute atomic E-state index is 0.135. The average molecular weight is 352 g/mol. The number of halogens is 1. The zero-order chi connectivity index (χ0) is 17.5. The number of hydrogen-bond acceptors (Lipinski definition) is 5. The normalized spacial score (nSPS) is 11.2. The van der Waals surface area contributed by atoms with Gasteiger partial charge in [-0.15, -0.1) is 0 Å². The number of hydrogen-bond donors (Lipinski definition) is 2. The summed E-state index contributed by atoms with van der Waals surface area (Å²) in [5.74, 6) is 0.878. The minimum atomic E-state index is -0.508. The second-order valence-electron chi connectivity index (χ2n) is 4.66. The van der Waals surface area contributed by atoms with E-state index >= 15 is 0 Å². The van der Waals surface area contributed by atoms with E-state index in [2.05, 4.69) is 10.3 Å². The van der Waals surface area contributed by atoms with Crippen LogP contribution in [0, 0.1) is 0 Å². The predicted molar refractivity (Wildman–Crippen MR) is 91.6 cm³/mol. The molecule has 0 bridgehead atoms. The number of rotatable bonds is 6. The average Bonchev–Trinajstić information content (AvgIpc) is 3.02. The summed E-state index contributed by atoms with van der Waals surface area (Å²) in [4.78, 5) is 15.7. The molecule has 24 heavy (non-hydrogen) atoms. The van der Waals surface area contributed by atoms with Gasteiger partial charge in [0, 0.05) is 5.69 Å². The van der Waals surface area contributed by atoms with Crippen molar-refractivity contribution in [1.29, 1.82) is 0 Å². The van der Waals surface area contributed by atoms with E-state index in [-0.39, 0.29) is 24.9 Å². The number of aliphatic imine (C=N–C) groups is 1. The van der Waals surface area contributed by atoms with Crippen LogP contribution >= 0.6 is 11.6 Å². The Labute approximate surface area is 144 Å². The van der Waals surface area contributed by atoms with Crippen LogP contribution in [0.15, 0.2) is 39.7 Å². The van der Waals surface area contributed by atoms with Crippen LogP contribution in [-0.2, 0) is 11.3 Å². The molecule has 0 atom stereocenters. The van der Waals surface area contributed by atoms with E-state index in [0.717, 1.165) is 0 Å². The number of carbonyl (C=O) groups is 1. The van der Waals surface area contributed by atoms with Crippen molar-refractivity contribution in [3.63, 3.8) is 0 Å². The highest BCUT2D eigenvalue weighted by Crippen LogP contribution is 2.27. The van der Waals surface area contributed by atoms with E-state index in [1.165, 1.54) is 13.2 Å². The van der Waals surface area contributed by atoms with Crippen LogP contribution in [0.2, 0.25) is 5.02 Å². The zero-order valence-electron chi connectivity index (χ0n) is 13.3. The molecule has 0 amide bonds. The number of anilines is 1. The topological polar surface area (TPSA) is 99.1 Å². The maximum Gasteiger partial charge on any atom is 0.374 e. The third-order valence-electron chi connectivity index (χ3n) is 2.97. The highest BCUT2D eigenvalue weighted by molar-refractivity contribution is 6.32. The molecule has 2 aromatic rings. The SMILES string of the molecule is CCOC(=O)c1ccc(CN=C(N)Nc2ccc(OC)c(Cl)c2)o1. The van der Waals surface area contributed by atoms with Crippen molar-refractivity contribution < 1.29 is 18.7 Å². The van der Waals surface area contributed by atoms with Crippen molar-refractivity contribution in [1.82, 2.24) is 0 Å². The minimum Gasteiger partial charge on any atom is -0.495 e. The monoisotopic (exact) mass is 351 g/mol. The van der Waals surface area contributed by atoms with Crippen molar-refractivity contribution in [2.75, 3.05) is 19.0 Å². The molecule has 0 unspecified atom stereocenters. The van der Waals surface area contributed by atoms with Crippen molar-refractivity contribution in [2.24, 2.45) is 10.7 Å². The zero-order valence-corrected chi connectivity index (χ0v) is 14.1. The number of methoxy groups -OCH3 is 1. The Morgan fingerprint density at radius 1 is 1.38 bits per heavy atom. The van der Waals surface area contributed by atoms with E-state index < -0.39 is 5.97 Å². The Morgan fingerprint density at radius 2 is 2.17 bits per heavy atom. The van der Waals surface area contributed by atoms with Gasteiger partial charge < -0.3 is 24.9 Å². The number of guanidine groups is 1. The fourth-order valence-electron chi connectivity index (χ4n) is 1.87. The van der Waals surface area contributed by atoms with Crippen LogP contribution in [0.1, 0.15) is 23.2 Å². The fraction of sp³-hybridized carbons (Fsp3) is 0.250. The van der Waals surface area contributed by atoms with Gasteiger partial charge in [-0.3, -0.25) is 0 Å². The molecule has 0 aliphatic rings. The number of ether oxygens (including phenoxy) is 2. The summed E-state index contributed by atoms with van der Waals surface area (Å²) in [6.45, 7) is 2.19. The molecule has 0 aliphatic heterocycles. The molecule has 0 aliphatic carbocycles. The van der Waals surface area contributed by atoms with Crippen molar-refractivity contribution >= 4 is 29.2 Å². The van der Waals surface area contributed by atoms with E-state index in [1.54, 1.807) is 31.2 Å².